The number of imidazole rings is 1. The monoisotopic (exact) mass is 205 g/mol. The third-order valence-electron chi connectivity index (χ3n) is 3.12. The predicted octanol–water partition coefficient (Wildman–Crippen LogP) is 1.85. The van der Waals surface area contributed by atoms with Crippen molar-refractivity contribution in [2.75, 3.05) is 6.54 Å². The van der Waals surface area contributed by atoms with Crippen LogP contribution in [0.15, 0.2) is 16.7 Å². The van der Waals surface area contributed by atoms with Crippen LogP contribution >= 0.6 is 0 Å². The Morgan fingerprint density at radius 2 is 2.27 bits per heavy atom. The number of fused-ring (bicyclic) bond motifs is 3. The summed E-state index contributed by atoms with van der Waals surface area (Å²) in [5.41, 5.74) is 1.91. The van der Waals surface area contributed by atoms with E-state index >= 15 is 0 Å². The smallest absolute Gasteiger partial charge is 0.226 e. The lowest BCUT2D eigenvalue weighted by atomic mass is 10.2. The van der Waals surface area contributed by atoms with Gasteiger partial charge in [-0.15, -0.1) is 0 Å². The summed E-state index contributed by atoms with van der Waals surface area (Å²) in [6.07, 6.45) is 1.71. The first kappa shape index (κ1) is 8.97. The molecule has 0 atom stereocenters. The summed E-state index contributed by atoms with van der Waals surface area (Å²) in [4.78, 5) is 7.01. The number of furan rings is 1. The molecule has 4 nitrogen and oxygen atoms in total. The van der Waals surface area contributed by atoms with Gasteiger partial charge in [0.25, 0.3) is 0 Å². The van der Waals surface area contributed by atoms with E-state index in [0.29, 0.717) is 6.04 Å². The van der Waals surface area contributed by atoms with Crippen molar-refractivity contribution >= 4 is 11.2 Å². The molecule has 1 aliphatic rings. The zero-order chi connectivity index (χ0) is 10.4. The van der Waals surface area contributed by atoms with Crippen LogP contribution in [-0.4, -0.2) is 27.0 Å². The highest BCUT2D eigenvalue weighted by atomic mass is 16.3. The molecule has 2 aromatic rings. The van der Waals surface area contributed by atoms with Gasteiger partial charge >= 0.3 is 0 Å². The topological polar surface area (TPSA) is 34.2 Å². The molecule has 0 radical (unpaired) electrons. The van der Waals surface area contributed by atoms with Crippen LogP contribution in [0.25, 0.3) is 11.2 Å². The Balaban J connectivity index is 2.02. The van der Waals surface area contributed by atoms with Crippen LogP contribution in [0.5, 0.6) is 0 Å². The van der Waals surface area contributed by atoms with Crippen molar-refractivity contribution in [3.8, 4) is 0 Å². The van der Waals surface area contributed by atoms with E-state index in [-0.39, 0.29) is 0 Å². The van der Waals surface area contributed by atoms with Crippen LogP contribution in [0.2, 0.25) is 0 Å². The van der Waals surface area contributed by atoms with Crippen LogP contribution < -0.4 is 0 Å². The van der Waals surface area contributed by atoms with Crippen molar-refractivity contribution in [1.29, 1.82) is 0 Å². The molecule has 80 valence electrons. The molecular formula is C11H15N3O. The Hall–Kier alpha value is -1.29. The van der Waals surface area contributed by atoms with Gasteiger partial charge in [-0.05, 0) is 13.8 Å². The second-order valence-corrected chi connectivity index (χ2v) is 4.35. The Morgan fingerprint density at radius 3 is 3.07 bits per heavy atom. The van der Waals surface area contributed by atoms with Crippen LogP contribution in [0, 0.1) is 0 Å². The van der Waals surface area contributed by atoms with E-state index in [2.05, 4.69) is 28.3 Å². The minimum Gasteiger partial charge on any atom is -0.446 e. The average molecular weight is 205 g/mol. The van der Waals surface area contributed by atoms with Crippen molar-refractivity contribution in [2.24, 2.45) is 0 Å². The quantitative estimate of drug-likeness (QED) is 0.712. The summed E-state index contributed by atoms with van der Waals surface area (Å²) in [7, 11) is 0. The van der Waals surface area contributed by atoms with Gasteiger partial charge < -0.3 is 4.42 Å². The highest BCUT2D eigenvalue weighted by Gasteiger charge is 2.22. The Labute approximate surface area is 88.5 Å². The van der Waals surface area contributed by atoms with E-state index in [1.807, 2.05) is 6.07 Å². The van der Waals surface area contributed by atoms with Gasteiger partial charge in [0.05, 0.1) is 12.8 Å². The van der Waals surface area contributed by atoms with E-state index < -0.39 is 0 Å². The Morgan fingerprint density at radius 1 is 1.40 bits per heavy atom. The largest absolute Gasteiger partial charge is 0.446 e. The van der Waals surface area contributed by atoms with Gasteiger partial charge in [-0.2, -0.15) is 0 Å². The lowest BCUT2D eigenvalue weighted by Crippen LogP contribution is -2.38. The van der Waals surface area contributed by atoms with Crippen molar-refractivity contribution in [2.45, 2.75) is 33.0 Å². The summed E-state index contributed by atoms with van der Waals surface area (Å²) in [5, 5.41) is 0. The SMILES string of the molecule is CC(C)N1CCn2c(nc3ccoc32)C1. The van der Waals surface area contributed by atoms with Crippen molar-refractivity contribution in [3.63, 3.8) is 0 Å². The fourth-order valence-electron chi connectivity index (χ4n) is 2.18. The predicted molar refractivity (Wildman–Crippen MR) is 57.5 cm³/mol. The normalized spacial score (nSPS) is 17.5. The van der Waals surface area contributed by atoms with Crippen LogP contribution in [0.4, 0.5) is 0 Å². The third kappa shape index (κ3) is 1.28. The molecule has 0 amide bonds. The second-order valence-electron chi connectivity index (χ2n) is 4.35. The molecule has 3 heterocycles. The summed E-state index contributed by atoms with van der Waals surface area (Å²) in [6, 6.07) is 2.52. The van der Waals surface area contributed by atoms with E-state index in [9.17, 15) is 0 Å². The molecule has 0 aromatic carbocycles. The molecule has 0 unspecified atom stereocenters. The maximum atomic E-state index is 5.43. The molecule has 0 fully saturated rings. The standard InChI is InChI=1S/C11H15N3O/c1-8(2)13-4-5-14-10(7-13)12-9-3-6-15-11(9)14/h3,6,8H,4-5,7H2,1-2H3. The molecule has 0 N–H and O–H groups in total. The summed E-state index contributed by atoms with van der Waals surface area (Å²) in [5.74, 6) is 1.13. The van der Waals surface area contributed by atoms with Crippen molar-refractivity contribution < 1.29 is 4.42 Å². The molecule has 0 aliphatic carbocycles. The lowest BCUT2D eigenvalue weighted by molar-refractivity contribution is 0.173. The van der Waals surface area contributed by atoms with Gasteiger partial charge in [0, 0.05) is 25.2 Å². The first-order valence-electron chi connectivity index (χ1n) is 5.42. The minimum atomic E-state index is 0.585. The van der Waals surface area contributed by atoms with Gasteiger partial charge in [0.1, 0.15) is 11.3 Å². The van der Waals surface area contributed by atoms with Crippen molar-refractivity contribution in [1.82, 2.24) is 14.5 Å². The minimum absolute atomic E-state index is 0.585. The fraction of sp³-hybridized carbons (Fsp3) is 0.545. The molecule has 3 rings (SSSR count). The zero-order valence-electron chi connectivity index (χ0n) is 9.10. The lowest BCUT2D eigenvalue weighted by Gasteiger charge is -2.30. The van der Waals surface area contributed by atoms with Gasteiger partial charge in [-0.1, -0.05) is 0 Å². The number of nitrogens with zero attached hydrogens (tertiary/aromatic N) is 3. The van der Waals surface area contributed by atoms with Crippen LogP contribution in [0.1, 0.15) is 19.7 Å². The van der Waals surface area contributed by atoms with E-state index in [1.165, 1.54) is 0 Å². The molecule has 1 aliphatic heterocycles. The van der Waals surface area contributed by atoms with Gasteiger partial charge in [0.2, 0.25) is 5.71 Å². The fourth-order valence-corrected chi connectivity index (χ4v) is 2.18. The Kier molecular flexibility index (Phi) is 1.85. The molecular weight excluding hydrogens is 190 g/mol. The molecule has 0 saturated heterocycles. The summed E-state index contributed by atoms with van der Waals surface area (Å²) in [6.45, 7) is 7.45. The maximum Gasteiger partial charge on any atom is 0.226 e. The first-order chi connectivity index (χ1) is 7.25. The van der Waals surface area contributed by atoms with Crippen LogP contribution in [-0.2, 0) is 13.1 Å². The number of hydrogen-bond donors (Lipinski definition) is 0. The molecule has 4 heteroatoms. The molecule has 15 heavy (non-hydrogen) atoms. The highest BCUT2D eigenvalue weighted by Crippen LogP contribution is 2.22. The Bertz CT molecular complexity index is 483. The van der Waals surface area contributed by atoms with Gasteiger partial charge in [-0.25, -0.2) is 4.98 Å². The van der Waals surface area contributed by atoms with E-state index in [4.69, 9.17) is 4.42 Å². The van der Waals surface area contributed by atoms with Gasteiger partial charge in [0.15, 0.2) is 0 Å². The summed E-state index contributed by atoms with van der Waals surface area (Å²) >= 11 is 0. The number of rotatable bonds is 1. The van der Waals surface area contributed by atoms with Crippen LogP contribution in [0.3, 0.4) is 0 Å². The third-order valence-corrected chi connectivity index (χ3v) is 3.12. The molecule has 0 saturated carbocycles. The number of aromatic nitrogens is 2. The maximum absolute atomic E-state index is 5.43. The molecule has 0 spiro atoms. The average Bonchev–Trinajstić information content (AvgIpc) is 2.75. The second kappa shape index (κ2) is 3.10. The first-order valence-corrected chi connectivity index (χ1v) is 5.42. The van der Waals surface area contributed by atoms with Gasteiger partial charge in [-0.3, -0.25) is 9.47 Å². The molecule has 2 aromatic heterocycles. The molecule has 0 bridgehead atoms. The zero-order valence-corrected chi connectivity index (χ0v) is 9.10. The van der Waals surface area contributed by atoms with Crippen molar-refractivity contribution in [3.05, 3.63) is 18.2 Å². The summed E-state index contributed by atoms with van der Waals surface area (Å²) < 4.78 is 7.62. The highest BCUT2D eigenvalue weighted by molar-refractivity contribution is 5.69. The number of hydrogen-bond acceptors (Lipinski definition) is 3. The van der Waals surface area contributed by atoms with E-state index in [0.717, 1.165) is 36.7 Å². The van der Waals surface area contributed by atoms with E-state index in [1.54, 1.807) is 6.26 Å².